The highest BCUT2D eigenvalue weighted by atomic mass is 19.1. The summed E-state index contributed by atoms with van der Waals surface area (Å²) in [5.41, 5.74) is 1.44. The smallest absolute Gasteiger partial charge is 0.336 e. The summed E-state index contributed by atoms with van der Waals surface area (Å²) in [5.74, 6) is -1.20. The van der Waals surface area contributed by atoms with Gasteiger partial charge in [0.15, 0.2) is 0 Å². The third kappa shape index (κ3) is 4.85. The second-order valence-corrected chi connectivity index (χ2v) is 9.60. The molecule has 6 heteroatoms. The van der Waals surface area contributed by atoms with Crippen LogP contribution in [-0.2, 0) is 18.5 Å². The van der Waals surface area contributed by atoms with E-state index in [-0.39, 0.29) is 12.1 Å². The first-order chi connectivity index (χ1) is 15.0. The minimum atomic E-state index is -1.04. The molecule has 1 N–H and O–H groups in total. The second-order valence-electron chi connectivity index (χ2n) is 9.60. The molecule has 0 fully saturated rings. The predicted octanol–water partition coefficient (Wildman–Crippen LogP) is 5.55. The minimum absolute atomic E-state index is 0.113. The van der Waals surface area contributed by atoms with Crippen LogP contribution in [-0.4, -0.2) is 20.2 Å². The molecule has 0 aliphatic heterocycles. The molecule has 3 aromatic rings. The SMILES string of the molecule is CC(C)CCc1c(F)n(C(C)(C)C)c(=O)n1Cc1ccc(-c2ccccc2)c(C(=O)O)c1. The molecule has 1 aromatic heterocycles. The fourth-order valence-corrected chi connectivity index (χ4v) is 3.89. The van der Waals surface area contributed by atoms with Crippen LogP contribution in [0.25, 0.3) is 11.1 Å². The zero-order valence-electron chi connectivity index (χ0n) is 19.4. The van der Waals surface area contributed by atoms with Crippen molar-refractivity contribution in [2.45, 2.75) is 59.5 Å². The first kappa shape index (κ1) is 23.5. The first-order valence-electron chi connectivity index (χ1n) is 10.9. The molecule has 0 radical (unpaired) electrons. The summed E-state index contributed by atoms with van der Waals surface area (Å²) < 4.78 is 18.0. The molecular formula is C26H31FN2O3. The zero-order chi connectivity index (χ0) is 23.6. The summed E-state index contributed by atoms with van der Waals surface area (Å²) in [7, 11) is 0. The van der Waals surface area contributed by atoms with Crippen LogP contribution in [0.1, 0.15) is 62.7 Å². The topological polar surface area (TPSA) is 64.2 Å². The Morgan fingerprint density at radius 1 is 1.09 bits per heavy atom. The molecule has 0 saturated carbocycles. The highest BCUT2D eigenvalue weighted by Crippen LogP contribution is 2.26. The van der Waals surface area contributed by atoms with E-state index in [1.54, 1.807) is 39.0 Å². The van der Waals surface area contributed by atoms with Gasteiger partial charge >= 0.3 is 11.7 Å². The number of nitrogens with zero attached hydrogens (tertiary/aromatic N) is 2. The lowest BCUT2D eigenvalue weighted by atomic mass is 9.97. The van der Waals surface area contributed by atoms with Gasteiger partial charge in [-0.3, -0.25) is 9.13 Å². The van der Waals surface area contributed by atoms with Gasteiger partial charge in [0, 0.05) is 5.54 Å². The van der Waals surface area contributed by atoms with Crippen molar-refractivity contribution >= 4 is 5.97 Å². The van der Waals surface area contributed by atoms with Crippen LogP contribution in [0.15, 0.2) is 53.3 Å². The number of halogens is 1. The van der Waals surface area contributed by atoms with E-state index in [2.05, 4.69) is 13.8 Å². The number of aromatic carboxylic acids is 1. The molecule has 32 heavy (non-hydrogen) atoms. The van der Waals surface area contributed by atoms with Crippen molar-refractivity contribution in [2.75, 3.05) is 0 Å². The quantitative estimate of drug-likeness (QED) is 0.526. The maximum atomic E-state index is 15.3. The minimum Gasteiger partial charge on any atom is -0.478 e. The fraction of sp³-hybridized carbons (Fsp3) is 0.385. The number of carbonyl (C=O) groups is 1. The maximum absolute atomic E-state index is 15.3. The van der Waals surface area contributed by atoms with Gasteiger partial charge in [-0.15, -0.1) is 0 Å². The third-order valence-corrected chi connectivity index (χ3v) is 5.55. The Labute approximate surface area is 188 Å². The Kier molecular flexibility index (Phi) is 6.72. The maximum Gasteiger partial charge on any atom is 0.336 e. The number of hydrogen-bond donors (Lipinski definition) is 1. The molecule has 170 valence electrons. The van der Waals surface area contributed by atoms with E-state index in [9.17, 15) is 14.7 Å². The second kappa shape index (κ2) is 9.15. The van der Waals surface area contributed by atoms with Crippen molar-refractivity contribution in [2.24, 2.45) is 5.92 Å². The molecule has 0 aliphatic rings. The summed E-state index contributed by atoms with van der Waals surface area (Å²) in [6, 6.07) is 14.4. The van der Waals surface area contributed by atoms with Gasteiger partial charge in [0.05, 0.1) is 17.8 Å². The average Bonchev–Trinajstić information content (AvgIpc) is 2.96. The van der Waals surface area contributed by atoms with E-state index in [1.165, 1.54) is 9.13 Å². The number of imidazole rings is 1. The number of hydrogen-bond acceptors (Lipinski definition) is 2. The Bertz CT molecular complexity index is 1170. The lowest BCUT2D eigenvalue weighted by molar-refractivity contribution is 0.0697. The standard InChI is InChI=1S/C26H31FN2O3/c1-17(2)11-14-22-23(27)29(26(3,4)5)25(32)28(22)16-18-12-13-20(21(15-18)24(30)31)19-9-7-6-8-10-19/h6-10,12-13,15,17H,11,14,16H2,1-5H3,(H,30,31). The van der Waals surface area contributed by atoms with Gasteiger partial charge in [-0.1, -0.05) is 56.3 Å². The van der Waals surface area contributed by atoms with Gasteiger partial charge in [0.25, 0.3) is 0 Å². The summed E-state index contributed by atoms with van der Waals surface area (Å²) in [6.45, 7) is 9.62. The fourth-order valence-electron chi connectivity index (χ4n) is 3.89. The Balaban J connectivity index is 2.09. The normalized spacial score (nSPS) is 11.8. The van der Waals surface area contributed by atoms with Crippen molar-refractivity contribution in [1.29, 1.82) is 0 Å². The van der Waals surface area contributed by atoms with Gasteiger partial charge < -0.3 is 5.11 Å². The first-order valence-corrected chi connectivity index (χ1v) is 10.9. The molecule has 0 amide bonds. The van der Waals surface area contributed by atoms with Gasteiger partial charge in [-0.05, 0) is 62.3 Å². The van der Waals surface area contributed by atoms with E-state index in [0.29, 0.717) is 29.2 Å². The van der Waals surface area contributed by atoms with Crippen molar-refractivity contribution in [3.63, 3.8) is 0 Å². The molecule has 0 unspecified atom stereocenters. The predicted molar refractivity (Wildman–Crippen MR) is 125 cm³/mol. The van der Waals surface area contributed by atoms with Crippen molar-refractivity contribution < 1.29 is 14.3 Å². The Morgan fingerprint density at radius 2 is 1.75 bits per heavy atom. The molecular weight excluding hydrogens is 407 g/mol. The molecule has 2 aromatic carbocycles. The van der Waals surface area contributed by atoms with Gasteiger partial charge in [-0.25, -0.2) is 9.59 Å². The van der Waals surface area contributed by atoms with E-state index in [4.69, 9.17) is 0 Å². The van der Waals surface area contributed by atoms with Crippen LogP contribution in [0.3, 0.4) is 0 Å². The highest BCUT2D eigenvalue weighted by molar-refractivity contribution is 5.96. The number of carboxylic acids is 1. The van der Waals surface area contributed by atoms with Crippen LogP contribution in [0.4, 0.5) is 4.39 Å². The van der Waals surface area contributed by atoms with Crippen LogP contribution in [0.2, 0.25) is 0 Å². The van der Waals surface area contributed by atoms with E-state index in [1.807, 2.05) is 30.3 Å². The van der Waals surface area contributed by atoms with Gasteiger partial charge in [-0.2, -0.15) is 4.39 Å². The van der Waals surface area contributed by atoms with Gasteiger partial charge in [0.1, 0.15) is 0 Å². The molecule has 0 atom stereocenters. The molecule has 3 rings (SSSR count). The average molecular weight is 439 g/mol. The van der Waals surface area contributed by atoms with Crippen molar-refractivity contribution in [3.8, 4) is 11.1 Å². The number of carboxylic acid groups (broad SMARTS) is 1. The van der Waals surface area contributed by atoms with Crippen LogP contribution < -0.4 is 5.69 Å². The molecule has 0 aliphatic carbocycles. The summed E-state index contributed by atoms with van der Waals surface area (Å²) in [5, 5.41) is 9.79. The molecule has 0 saturated heterocycles. The largest absolute Gasteiger partial charge is 0.478 e. The molecule has 0 bridgehead atoms. The number of rotatable bonds is 7. The summed E-state index contributed by atoms with van der Waals surface area (Å²) in [6.07, 6.45) is 1.19. The monoisotopic (exact) mass is 438 g/mol. The number of aromatic nitrogens is 2. The van der Waals surface area contributed by atoms with Crippen molar-refractivity contribution in [3.05, 3.63) is 81.8 Å². The van der Waals surface area contributed by atoms with E-state index < -0.39 is 23.1 Å². The lowest BCUT2D eigenvalue weighted by Crippen LogP contribution is -2.36. The molecule has 1 heterocycles. The Hall–Kier alpha value is -3.15. The Morgan fingerprint density at radius 3 is 2.31 bits per heavy atom. The van der Waals surface area contributed by atoms with E-state index in [0.717, 1.165) is 12.0 Å². The van der Waals surface area contributed by atoms with Crippen LogP contribution in [0.5, 0.6) is 0 Å². The zero-order valence-corrected chi connectivity index (χ0v) is 19.4. The lowest BCUT2D eigenvalue weighted by Gasteiger charge is -2.19. The molecule has 5 nitrogen and oxygen atoms in total. The van der Waals surface area contributed by atoms with Crippen molar-refractivity contribution in [1.82, 2.24) is 9.13 Å². The van der Waals surface area contributed by atoms with E-state index >= 15 is 4.39 Å². The third-order valence-electron chi connectivity index (χ3n) is 5.55. The number of benzene rings is 2. The summed E-state index contributed by atoms with van der Waals surface area (Å²) in [4.78, 5) is 25.2. The van der Waals surface area contributed by atoms with Gasteiger partial charge in [0.2, 0.25) is 5.95 Å². The summed E-state index contributed by atoms with van der Waals surface area (Å²) >= 11 is 0. The molecule has 0 spiro atoms. The van der Waals surface area contributed by atoms with Crippen LogP contribution in [0, 0.1) is 11.9 Å². The highest BCUT2D eigenvalue weighted by Gasteiger charge is 2.27. The van der Waals surface area contributed by atoms with Crippen LogP contribution >= 0.6 is 0 Å².